The molecule has 0 bridgehead atoms. The van der Waals surface area contributed by atoms with Gasteiger partial charge in [-0.25, -0.2) is 0 Å². The van der Waals surface area contributed by atoms with Crippen molar-refractivity contribution in [3.8, 4) is 0 Å². The average molecular weight is 288 g/mol. The zero-order valence-corrected chi connectivity index (χ0v) is 11.9. The molecule has 2 aromatic rings. The summed E-state index contributed by atoms with van der Waals surface area (Å²) in [5.41, 5.74) is 0.601. The van der Waals surface area contributed by atoms with Crippen LogP contribution in [0.5, 0.6) is 0 Å². The van der Waals surface area contributed by atoms with Gasteiger partial charge in [0.2, 0.25) is 5.91 Å². The molecule has 1 unspecified atom stereocenters. The van der Waals surface area contributed by atoms with Gasteiger partial charge in [0.1, 0.15) is 5.60 Å². The number of hydrogen-bond donors (Lipinski definition) is 2. The van der Waals surface area contributed by atoms with E-state index in [1.807, 2.05) is 22.9 Å². The predicted octanol–water partition coefficient (Wildman–Crippen LogP) is 2.18. The Labute approximate surface area is 121 Å². The number of rotatable bonds is 5. The first kappa shape index (κ1) is 14.4. The normalized spacial score (nSPS) is 14.1. The second-order valence-electron chi connectivity index (χ2n) is 4.62. The molecule has 2 heterocycles. The molecule has 5 heteroatoms. The van der Waals surface area contributed by atoms with Crippen molar-refractivity contribution < 1.29 is 9.90 Å². The van der Waals surface area contributed by atoms with E-state index in [0.717, 1.165) is 11.1 Å². The molecule has 2 N–H and O–H groups in total. The van der Waals surface area contributed by atoms with Crippen molar-refractivity contribution >= 4 is 23.3 Å². The van der Waals surface area contributed by atoms with Crippen molar-refractivity contribution in [1.29, 1.82) is 0 Å². The van der Waals surface area contributed by atoms with E-state index in [0.29, 0.717) is 0 Å². The van der Waals surface area contributed by atoms with E-state index < -0.39 is 5.60 Å². The Morgan fingerprint density at radius 2 is 2.40 bits per heavy atom. The van der Waals surface area contributed by atoms with Crippen LogP contribution in [0.1, 0.15) is 18.1 Å². The highest BCUT2D eigenvalue weighted by Gasteiger charge is 2.23. The van der Waals surface area contributed by atoms with Gasteiger partial charge in [-0.05, 0) is 47.0 Å². The van der Waals surface area contributed by atoms with E-state index in [4.69, 9.17) is 0 Å². The summed E-state index contributed by atoms with van der Waals surface area (Å²) in [7, 11) is 0. The lowest BCUT2D eigenvalue weighted by atomic mass is 9.99. The van der Waals surface area contributed by atoms with E-state index in [-0.39, 0.29) is 12.5 Å². The fourth-order valence-corrected chi connectivity index (χ4v) is 2.42. The minimum absolute atomic E-state index is 0.167. The van der Waals surface area contributed by atoms with Gasteiger partial charge < -0.3 is 10.4 Å². The third-order valence-electron chi connectivity index (χ3n) is 2.86. The maximum Gasteiger partial charge on any atom is 0.244 e. The van der Waals surface area contributed by atoms with E-state index >= 15 is 0 Å². The number of aromatic nitrogens is 1. The molecular weight excluding hydrogens is 272 g/mol. The third-order valence-corrected chi connectivity index (χ3v) is 3.54. The highest BCUT2D eigenvalue weighted by molar-refractivity contribution is 7.08. The fourth-order valence-electron chi connectivity index (χ4n) is 1.64. The van der Waals surface area contributed by atoms with Gasteiger partial charge in [0.05, 0.1) is 6.54 Å². The number of hydrogen-bond acceptors (Lipinski definition) is 4. The Kier molecular flexibility index (Phi) is 4.65. The van der Waals surface area contributed by atoms with Gasteiger partial charge in [-0.3, -0.25) is 9.78 Å². The van der Waals surface area contributed by atoms with E-state index in [1.165, 1.54) is 17.4 Å². The molecule has 0 aromatic carbocycles. The van der Waals surface area contributed by atoms with Gasteiger partial charge in [-0.1, -0.05) is 6.07 Å². The Morgan fingerprint density at radius 1 is 1.55 bits per heavy atom. The van der Waals surface area contributed by atoms with Crippen LogP contribution in [-0.2, 0) is 10.4 Å². The van der Waals surface area contributed by atoms with Crippen LogP contribution in [-0.4, -0.2) is 22.5 Å². The minimum Gasteiger partial charge on any atom is -0.384 e. The van der Waals surface area contributed by atoms with Gasteiger partial charge >= 0.3 is 0 Å². The van der Waals surface area contributed by atoms with E-state index in [2.05, 4.69) is 10.3 Å². The van der Waals surface area contributed by atoms with Crippen LogP contribution in [0.4, 0.5) is 0 Å². The first-order valence-electron chi connectivity index (χ1n) is 6.19. The maximum atomic E-state index is 11.7. The zero-order chi connectivity index (χ0) is 14.4. The standard InChI is InChI=1S/C15H16N2O2S/c1-15(19,13-6-8-20-10-13)11-17-14(18)5-4-12-3-2-7-16-9-12/h2-10,19H,11H2,1H3,(H,17,18). The van der Waals surface area contributed by atoms with Gasteiger partial charge in [-0.2, -0.15) is 11.3 Å². The quantitative estimate of drug-likeness (QED) is 0.829. The molecule has 0 saturated carbocycles. The van der Waals surface area contributed by atoms with Crippen LogP contribution in [0.25, 0.3) is 6.08 Å². The molecule has 20 heavy (non-hydrogen) atoms. The fraction of sp³-hybridized carbons (Fsp3) is 0.200. The molecule has 0 spiro atoms. The number of thiophene rings is 1. The molecule has 4 nitrogen and oxygen atoms in total. The van der Waals surface area contributed by atoms with Crippen molar-refractivity contribution in [3.05, 3.63) is 58.6 Å². The van der Waals surface area contributed by atoms with Crippen molar-refractivity contribution in [2.45, 2.75) is 12.5 Å². The highest BCUT2D eigenvalue weighted by atomic mass is 32.1. The molecular formula is C15H16N2O2S. The number of carbonyl (C=O) groups is 1. The smallest absolute Gasteiger partial charge is 0.244 e. The second kappa shape index (κ2) is 6.45. The molecule has 0 radical (unpaired) electrons. The highest BCUT2D eigenvalue weighted by Crippen LogP contribution is 2.21. The molecule has 0 aliphatic carbocycles. The Hall–Kier alpha value is -1.98. The van der Waals surface area contributed by atoms with Crippen molar-refractivity contribution in [1.82, 2.24) is 10.3 Å². The topological polar surface area (TPSA) is 62.2 Å². The number of amides is 1. The molecule has 2 rings (SSSR count). The zero-order valence-electron chi connectivity index (χ0n) is 11.1. The third kappa shape index (κ3) is 4.01. The minimum atomic E-state index is -1.06. The summed E-state index contributed by atoms with van der Waals surface area (Å²) < 4.78 is 0. The van der Waals surface area contributed by atoms with Crippen LogP contribution in [0.2, 0.25) is 0 Å². The Morgan fingerprint density at radius 3 is 3.05 bits per heavy atom. The van der Waals surface area contributed by atoms with E-state index in [1.54, 1.807) is 31.5 Å². The van der Waals surface area contributed by atoms with Gasteiger partial charge in [-0.15, -0.1) is 0 Å². The lowest BCUT2D eigenvalue weighted by Gasteiger charge is -2.22. The van der Waals surface area contributed by atoms with Crippen molar-refractivity contribution in [2.24, 2.45) is 0 Å². The molecule has 104 valence electrons. The summed E-state index contributed by atoms with van der Waals surface area (Å²) in [6.07, 6.45) is 6.46. The van der Waals surface area contributed by atoms with Crippen LogP contribution >= 0.6 is 11.3 Å². The Balaban J connectivity index is 1.88. The SMILES string of the molecule is CC(O)(CNC(=O)C=Cc1cccnc1)c1ccsc1. The molecule has 0 aliphatic rings. The van der Waals surface area contributed by atoms with Crippen LogP contribution in [0.3, 0.4) is 0 Å². The summed E-state index contributed by atoms with van der Waals surface area (Å²) >= 11 is 1.51. The summed E-state index contributed by atoms with van der Waals surface area (Å²) in [6, 6.07) is 5.51. The maximum absolute atomic E-state index is 11.7. The summed E-state index contributed by atoms with van der Waals surface area (Å²) in [5.74, 6) is -0.246. The van der Waals surface area contributed by atoms with E-state index in [9.17, 15) is 9.90 Å². The van der Waals surface area contributed by atoms with Crippen LogP contribution < -0.4 is 5.32 Å². The van der Waals surface area contributed by atoms with Gasteiger partial charge in [0.15, 0.2) is 0 Å². The number of pyridine rings is 1. The molecule has 0 saturated heterocycles. The van der Waals surface area contributed by atoms with Crippen molar-refractivity contribution in [2.75, 3.05) is 6.54 Å². The monoisotopic (exact) mass is 288 g/mol. The van der Waals surface area contributed by atoms with Crippen LogP contribution in [0.15, 0.2) is 47.4 Å². The average Bonchev–Trinajstić information content (AvgIpc) is 2.99. The summed E-state index contributed by atoms with van der Waals surface area (Å²) in [5, 5.41) is 16.7. The number of carbonyl (C=O) groups excluding carboxylic acids is 1. The molecule has 1 atom stereocenters. The molecule has 2 aromatic heterocycles. The summed E-state index contributed by atoms with van der Waals surface area (Å²) in [4.78, 5) is 15.7. The number of nitrogens with zero attached hydrogens (tertiary/aromatic N) is 1. The predicted molar refractivity (Wildman–Crippen MR) is 80.2 cm³/mol. The number of nitrogens with one attached hydrogen (secondary N) is 1. The molecule has 0 fully saturated rings. The largest absolute Gasteiger partial charge is 0.384 e. The van der Waals surface area contributed by atoms with Gasteiger partial charge in [0.25, 0.3) is 0 Å². The first-order valence-corrected chi connectivity index (χ1v) is 7.13. The van der Waals surface area contributed by atoms with Crippen LogP contribution in [0, 0.1) is 0 Å². The Bertz CT molecular complexity index is 577. The summed E-state index contributed by atoms with van der Waals surface area (Å²) in [6.45, 7) is 1.85. The lowest BCUT2D eigenvalue weighted by Crippen LogP contribution is -2.37. The van der Waals surface area contributed by atoms with Crippen molar-refractivity contribution in [3.63, 3.8) is 0 Å². The lowest BCUT2D eigenvalue weighted by molar-refractivity contribution is -0.117. The van der Waals surface area contributed by atoms with Gasteiger partial charge in [0, 0.05) is 18.5 Å². The first-order chi connectivity index (χ1) is 9.58. The molecule has 0 aliphatic heterocycles. The second-order valence-corrected chi connectivity index (χ2v) is 5.40. The molecule has 1 amide bonds. The number of aliphatic hydroxyl groups is 1.